The van der Waals surface area contributed by atoms with Gasteiger partial charge in [0.05, 0.1) is 6.42 Å². The molecule has 1 amide bonds. The van der Waals surface area contributed by atoms with Crippen LogP contribution in [0.25, 0.3) is 0 Å². The molecule has 0 aliphatic heterocycles. The molecule has 0 bridgehead atoms. The number of likely N-dealkylation sites (N-methyl/N-ethyl adjacent to an activating group) is 1. The normalized spacial score (nSPS) is 11.4. The zero-order valence-corrected chi connectivity index (χ0v) is 13.0. The highest BCUT2D eigenvalue weighted by Crippen LogP contribution is 2.22. The van der Waals surface area contributed by atoms with Crippen molar-refractivity contribution in [3.63, 3.8) is 0 Å². The molecule has 5 heteroatoms. The number of rotatable bonds is 4. The molecule has 0 heterocycles. The molecule has 100 valence electrons. The number of hydrogen-bond acceptors (Lipinski definition) is 1. The van der Waals surface area contributed by atoms with Gasteiger partial charge in [-0.05, 0) is 26.0 Å². The second kappa shape index (κ2) is 6.02. The Hall–Kier alpha value is -0.610. The molecule has 1 aromatic carbocycles. The summed E-state index contributed by atoms with van der Waals surface area (Å²) >= 11 is 9.27. The molecule has 0 aromatic heterocycles. The largest absolute Gasteiger partial charge is 0.340 e. The van der Waals surface area contributed by atoms with Crippen molar-refractivity contribution in [2.45, 2.75) is 25.8 Å². The average Bonchev–Trinajstić information content (AvgIpc) is 2.32. The molecule has 0 spiro atoms. The number of halogens is 3. The second-order valence-corrected chi connectivity index (χ2v) is 5.74. The Bertz CT molecular complexity index is 430. The lowest BCUT2D eigenvalue weighted by Gasteiger charge is -2.34. The van der Waals surface area contributed by atoms with Gasteiger partial charge in [0, 0.05) is 28.5 Å². The Morgan fingerprint density at radius 2 is 2.11 bits per heavy atom. The fraction of sp³-hybridized carbons (Fsp3) is 0.462. The number of carbonyl (C=O) groups excluding carboxylic acids is 1. The Morgan fingerprint density at radius 3 is 2.61 bits per heavy atom. The first-order valence-corrected chi connectivity index (χ1v) is 7.05. The summed E-state index contributed by atoms with van der Waals surface area (Å²) in [6.45, 7) is 3.87. The van der Waals surface area contributed by atoms with Crippen LogP contribution in [-0.2, 0) is 11.2 Å². The number of alkyl halides is 1. The smallest absolute Gasteiger partial charge is 0.227 e. The summed E-state index contributed by atoms with van der Waals surface area (Å²) in [4.78, 5) is 13.7. The molecule has 18 heavy (non-hydrogen) atoms. The van der Waals surface area contributed by atoms with Gasteiger partial charge < -0.3 is 4.90 Å². The van der Waals surface area contributed by atoms with E-state index in [-0.39, 0.29) is 28.5 Å². The predicted octanol–water partition coefficient (Wildman–Crippen LogP) is 3.65. The van der Waals surface area contributed by atoms with E-state index < -0.39 is 5.82 Å². The van der Waals surface area contributed by atoms with Crippen LogP contribution in [-0.4, -0.2) is 28.7 Å². The van der Waals surface area contributed by atoms with E-state index in [9.17, 15) is 9.18 Å². The van der Waals surface area contributed by atoms with Crippen molar-refractivity contribution >= 4 is 33.4 Å². The van der Waals surface area contributed by atoms with Crippen LogP contribution in [0.3, 0.4) is 0 Å². The van der Waals surface area contributed by atoms with Crippen molar-refractivity contribution in [3.05, 3.63) is 34.6 Å². The maximum atomic E-state index is 13.6. The Labute approximate surface area is 120 Å². The molecule has 0 atom stereocenters. The van der Waals surface area contributed by atoms with Crippen LogP contribution in [0.4, 0.5) is 4.39 Å². The Balaban J connectivity index is 2.89. The third-order valence-corrected chi connectivity index (χ3v) is 4.73. The third kappa shape index (κ3) is 3.45. The van der Waals surface area contributed by atoms with Gasteiger partial charge in [-0.3, -0.25) is 4.79 Å². The van der Waals surface area contributed by atoms with E-state index in [1.54, 1.807) is 18.0 Å². The first-order chi connectivity index (χ1) is 8.29. The molecule has 0 aliphatic rings. The summed E-state index contributed by atoms with van der Waals surface area (Å²) < 4.78 is 13.6. The van der Waals surface area contributed by atoms with Crippen LogP contribution in [0, 0.1) is 5.82 Å². The molecule has 0 radical (unpaired) electrons. The van der Waals surface area contributed by atoms with Crippen molar-refractivity contribution in [1.29, 1.82) is 0 Å². The van der Waals surface area contributed by atoms with E-state index in [0.717, 1.165) is 0 Å². The maximum Gasteiger partial charge on any atom is 0.227 e. The first-order valence-electron chi connectivity index (χ1n) is 5.55. The van der Waals surface area contributed by atoms with E-state index in [1.165, 1.54) is 12.1 Å². The van der Waals surface area contributed by atoms with E-state index in [4.69, 9.17) is 11.6 Å². The maximum absolute atomic E-state index is 13.6. The SMILES string of the molecule is CN(C(=O)Cc1c(F)cccc1Cl)C(C)(C)CBr. The molecule has 0 aliphatic carbocycles. The minimum absolute atomic E-state index is 0.0293. The van der Waals surface area contributed by atoms with Gasteiger partial charge in [0.25, 0.3) is 0 Å². The topological polar surface area (TPSA) is 20.3 Å². The van der Waals surface area contributed by atoms with Gasteiger partial charge in [0.2, 0.25) is 5.91 Å². The lowest BCUT2D eigenvalue weighted by Crippen LogP contribution is -2.47. The fourth-order valence-electron chi connectivity index (χ4n) is 1.40. The summed E-state index contributed by atoms with van der Waals surface area (Å²) in [5.41, 5.74) is -0.0733. The summed E-state index contributed by atoms with van der Waals surface area (Å²) in [5.74, 6) is -0.604. The van der Waals surface area contributed by atoms with Gasteiger partial charge in [0.1, 0.15) is 5.82 Å². The van der Waals surface area contributed by atoms with Gasteiger partial charge in [-0.1, -0.05) is 33.6 Å². The standard InChI is InChI=1S/C13H16BrClFNO/c1-13(2,8-14)17(3)12(18)7-9-10(15)5-4-6-11(9)16/h4-6H,7-8H2,1-3H3. The summed E-state index contributed by atoms with van der Waals surface area (Å²) in [7, 11) is 1.71. The van der Waals surface area contributed by atoms with E-state index in [2.05, 4.69) is 15.9 Å². The first kappa shape index (κ1) is 15.4. The highest BCUT2D eigenvalue weighted by Gasteiger charge is 2.27. The van der Waals surface area contributed by atoms with Gasteiger partial charge in [0.15, 0.2) is 0 Å². The zero-order chi connectivity index (χ0) is 13.9. The van der Waals surface area contributed by atoms with Crippen LogP contribution in [0.2, 0.25) is 5.02 Å². The van der Waals surface area contributed by atoms with Crippen LogP contribution in [0.15, 0.2) is 18.2 Å². The molecule has 0 saturated heterocycles. The quantitative estimate of drug-likeness (QED) is 0.769. The minimum Gasteiger partial charge on any atom is -0.340 e. The van der Waals surface area contributed by atoms with Gasteiger partial charge in [-0.2, -0.15) is 0 Å². The molecule has 1 aromatic rings. The summed E-state index contributed by atoms with van der Waals surface area (Å²) in [5, 5.41) is 0.932. The number of hydrogen-bond donors (Lipinski definition) is 0. The van der Waals surface area contributed by atoms with E-state index in [1.807, 2.05) is 13.8 Å². The zero-order valence-electron chi connectivity index (χ0n) is 10.6. The highest BCUT2D eigenvalue weighted by atomic mass is 79.9. The molecule has 2 nitrogen and oxygen atoms in total. The molecule has 0 saturated carbocycles. The minimum atomic E-state index is -0.444. The molecule has 0 unspecified atom stereocenters. The highest BCUT2D eigenvalue weighted by molar-refractivity contribution is 9.09. The average molecular weight is 337 g/mol. The van der Waals surface area contributed by atoms with E-state index in [0.29, 0.717) is 5.33 Å². The molecule has 0 N–H and O–H groups in total. The van der Waals surface area contributed by atoms with Gasteiger partial charge >= 0.3 is 0 Å². The third-order valence-electron chi connectivity index (χ3n) is 3.00. The van der Waals surface area contributed by atoms with Crippen LogP contribution in [0.1, 0.15) is 19.4 Å². The second-order valence-electron chi connectivity index (χ2n) is 4.78. The molecule has 1 rings (SSSR count). The van der Waals surface area contributed by atoms with Crippen LogP contribution >= 0.6 is 27.5 Å². The van der Waals surface area contributed by atoms with Crippen molar-refractivity contribution in [3.8, 4) is 0 Å². The lowest BCUT2D eigenvalue weighted by molar-refractivity contribution is -0.133. The fourth-order valence-corrected chi connectivity index (χ4v) is 2.00. The predicted molar refractivity (Wildman–Crippen MR) is 75.8 cm³/mol. The Kier molecular flexibility index (Phi) is 5.17. The van der Waals surface area contributed by atoms with Crippen LogP contribution in [0.5, 0.6) is 0 Å². The molecule has 0 fully saturated rings. The number of carbonyl (C=O) groups is 1. The molecular formula is C13H16BrClFNO. The van der Waals surface area contributed by atoms with E-state index >= 15 is 0 Å². The monoisotopic (exact) mass is 335 g/mol. The number of amides is 1. The number of nitrogens with zero attached hydrogens (tertiary/aromatic N) is 1. The molecular weight excluding hydrogens is 321 g/mol. The van der Waals surface area contributed by atoms with Gasteiger partial charge in [-0.25, -0.2) is 4.39 Å². The lowest BCUT2D eigenvalue weighted by atomic mass is 10.0. The van der Waals surface area contributed by atoms with Crippen molar-refractivity contribution in [2.75, 3.05) is 12.4 Å². The summed E-state index contributed by atoms with van der Waals surface area (Å²) in [6, 6.07) is 4.42. The van der Waals surface area contributed by atoms with Gasteiger partial charge in [-0.15, -0.1) is 0 Å². The summed E-state index contributed by atoms with van der Waals surface area (Å²) in [6.07, 6.45) is -0.0293. The number of benzene rings is 1. The van der Waals surface area contributed by atoms with Crippen molar-refractivity contribution < 1.29 is 9.18 Å². The van der Waals surface area contributed by atoms with Crippen molar-refractivity contribution in [1.82, 2.24) is 4.90 Å². The Morgan fingerprint density at radius 1 is 1.50 bits per heavy atom. The van der Waals surface area contributed by atoms with Crippen LogP contribution < -0.4 is 0 Å². The van der Waals surface area contributed by atoms with Crippen molar-refractivity contribution in [2.24, 2.45) is 0 Å².